The second-order valence-corrected chi connectivity index (χ2v) is 6.21. The van der Waals surface area contributed by atoms with Crippen LogP contribution in [0, 0.1) is 0 Å². The summed E-state index contributed by atoms with van der Waals surface area (Å²) in [5.74, 6) is 0.827. The summed E-state index contributed by atoms with van der Waals surface area (Å²) in [6, 6.07) is 7.78. The van der Waals surface area contributed by atoms with Gasteiger partial charge in [0.1, 0.15) is 12.4 Å². The zero-order valence-electron chi connectivity index (χ0n) is 12.4. The third-order valence-corrected chi connectivity index (χ3v) is 2.84. The summed E-state index contributed by atoms with van der Waals surface area (Å²) in [6.45, 7) is 5.55. The minimum atomic E-state index is -0.683. The van der Waals surface area contributed by atoms with E-state index in [4.69, 9.17) is 22.7 Å². The van der Waals surface area contributed by atoms with Gasteiger partial charge in [0.2, 0.25) is 0 Å². The molecule has 1 rings (SSSR count). The fourth-order valence-corrected chi connectivity index (χ4v) is 2.13. The van der Waals surface area contributed by atoms with E-state index in [9.17, 15) is 5.11 Å². The van der Waals surface area contributed by atoms with Crippen LogP contribution in [0.1, 0.15) is 19.4 Å². The fourth-order valence-electron chi connectivity index (χ4n) is 1.96. The van der Waals surface area contributed by atoms with Gasteiger partial charge in [-0.1, -0.05) is 24.4 Å². The Bertz CT molecular complexity index is 426. The zero-order chi connectivity index (χ0) is 15.2. The lowest BCUT2D eigenvalue weighted by Crippen LogP contribution is -2.38. The molecule has 0 bridgehead atoms. The molecule has 1 aromatic carbocycles. The van der Waals surface area contributed by atoms with Gasteiger partial charge >= 0.3 is 0 Å². The van der Waals surface area contributed by atoms with Crippen LogP contribution in [0.2, 0.25) is 0 Å². The Morgan fingerprint density at radius 2 is 1.95 bits per heavy atom. The van der Waals surface area contributed by atoms with Gasteiger partial charge in [-0.15, -0.1) is 0 Å². The Morgan fingerprint density at radius 3 is 2.45 bits per heavy atom. The van der Waals surface area contributed by atoms with Crippen LogP contribution in [0.3, 0.4) is 0 Å². The van der Waals surface area contributed by atoms with Gasteiger partial charge in [-0.25, -0.2) is 0 Å². The Morgan fingerprint density at radius 1 is 1.35 bits per heavy atom. The minimum absolute atomic E-state index is 0.493. The number of nitrogens with two attached hydrogens (primary N) is 1. The molecule has 4 nitrogen and oxygen atoms in total. The molecule has 0 aliphatic carbocycles. The molecule has 0 radical (unpaired) electrons. The summed E-state index contributed by atoms with van der Waals surface area (Å²) in [4.78, 5) is 2.54. The van der Waals surface area contributed by atoms with Crippen molar-refractivity contribution in [3.05, 3.63) is 29.8 Å². The maximum atomic E-state index is 9.70. The van der Waals surface area contributed by atoms with E-state index in [2.05, 4.69) is 0 Å². The third kappa shape index (κ3) is 7.43. The molecule has 20 heavy (non-hydrogen) atoms. The van der Waals surface area contributed by atoms with Crippen molar-refractivity contribution >= 4 is 17.2 Å². The maximum absolute atomic E-state index is 9.70. The molecule has 0 atom stereocenters. The second kappa shape index (κ2) is 7.57. The quantitative estimate of drug-likeness (QED) is 0.714. The molecule has 0 aliphatic heterocycles. The van der Waals surface area contributed by atoms with E-state index in [1.54, 1.807) is 13.8 Å². The summed E-state index contributed by atoms with van der Waals surface area (Å²) >= 11 is 4.87. The monoisotopic (exact) mass is 296 g/mol. The molecule has 0 aliphatic rings. The Balaban J connectivity index is 2.33. The van der Waals surface area contributed by atoms with Crippen LogP contribution in [-0.2, 0) is 6.42 Å². The number of hydrogen-bond donors (Lipinski definition) is 2. The molecule has 1 aromatic rings. The number of thiocarbonyl (C=S) groups is 1. The third-order valence-electron chi connectivity index (χ3n) is 2.70. The molecule has 0 amide bonds. The summed E-state index contributed by atoms with van der Waals surface area (Å²) in [7, 11) is 1.96. The first-order valence-electron chi connectivity index (χ1n) is 6.67. The Hall–Kier alpha value is -1.17. The highest BCUT2D eigenvalue weighted by atomic mass is 32.1. The number of aliphatic hydroxyl groups is 1. The molecule has 5 heteroatoms. The van der Waals surface area contributed by atoms with Crippen LogP contribution >= 0.6 is 12.2 Å². The zero-order valence-corrected chi connectivity index (χ0v) is 13.2. The van der Waals surface area contributed by atoms with E-state index in [0.717, 1.165) is 17.9 Å². The van der Waals surface area contributed by atoms with Crippen molar-refractivity contribution < 1.29 is 9.84 Å². The number of likely N-dealkylation sites (N-methyl/N-ethyl adjacent to an activating group) is 1. The van der Waals surface area contributed by atoms with Crippen LogP contribution < -0.4 is 10.5 Å². The van der Waals surface area contributed by atoms with Gasteiger partial charge in [-0.2, -0.15) is 0 Å². The number of nitrogens with zero attached hydrogens (tertiary/aromatic N) is 1. The van der Waals surface area contributed by atoms with Crippen molar-refractivity contribution in [3.8, 4) is 5.75 Å². The lowest BCUT2D eigenvalue weighted by atomic mass is 10.1. The smallest absolute Gasteiger partial charge is 0.119 e. The molecular weight excluding hydrogens is 272 g/mol. The molecule has 112 valence electrons. The second-order valence-electron chi connectivity index (χ2n) is 5.69. The van der Waals surface area contributed by atoms with Crippen molar-refractivity contribution in [2.24, 2.45) is 5.73 Å². The van der Waals surface area contributed by atoms with E-state index < -0.39 is 5.60 Å². The van der Waals surface area contributed by atoms with Crippen LogP contribution in [-0.4, -0.2) is 47.3 Å². The molecule has 0 saturated heterocycles. The van der Waals surface area contributed by atoms with E-state index >= 15 is 0 Å². The lowest BCUT2D eigenvalue weighted by Gasteiger charge is -2.25. The average Bonchev–Trinajstić information content (AvgIpc) is 2.28. The summed E-state index contributed by atoms with van der Waals surface area (Å²) in [5, 5.41) is 9.70. The molecule has 0 aromatic heterocycles. The van der Waals surface area contributed by atoms with Crippen molar-refractivity contribution in [3.63, 3.8) is 0 Å². The molecule has 0 unspecified atom stereocenters. The van der Waals surface area contributed by atoms with E-state index in [1.807, 2.05) is 36.2 Å². The van der Waals surface area contributed by atoms with Gasteiger partial charge in [0.05, 0.1) is 10.6 Å². The summed E-state index contributed by atoms with van der Waals surface area (Å²) < 4.78 is 5.66. The molecular formula is C15H24N2O2S. The number of rotatable bonds is 8. The molecule has 0 spiro atoms. The normalized spacial score (nSPS) is 11.7. The van der Waals surface area contributed by atoms with E-state index in [-0.39, 0.29) is 0 Å². The highest BCUT2D eigenvalue weighted by Crippen LogP contribution is 2.12. The van der Waals surface area contributed by atoms with Crippen LogP contribution in [0.5, 0.6) is 5.75 Å². The fraction of sp³-hybridized carbons (Fsp3) is 0.533. The van der Waals surface area contributed by atoms with E-state index in [0.29, 0.717) is 24.6 Å². The first-order valence-corrected chi connectivity index (χ1v) is 7.08. The largest absolute Gasteiger partial charge is 0.492 e. The van der Waals surface area contributed by atoms with Crippen LogP contribution in [0.15, 0.2) is 24.3 Å². The van der Waals surface area contributed by atoms with Gasteiger partial charge in [0.15, 0.2) is 0 Å². The Kier molecular flexibility index (Phi) is 6.39. The summed E-state index contributed by atoms with van der Waals surface area (Å²) in [6.07, 6.45) is 0.615. The maximum Gasteiger partial charge on any atom is 0.119 e. The van der Waals surface area contributed by atoms with Gasteiger partial charge in [0.25, 0.3) is 0 Å². The molecule has 0 fully saturated rings. The summed E-state index contributed by atoms with van der Waals surface area (Å²) in [5.41, 5.74) is 5.90. The average molecular weight is 296 g/mol. The van der Waals surface area contributed by atoms with Gasteiger partial charge < -0.3 is 20.5 Å². The predicted molar refractivity (Wildman–Crippen MR) is 86.2 cm³/mol. The number of ether oxygens (including phenoxy) is 1. The first-order chi connectivity index (χ1) is 9.26. The predicted octanol–water partition coefficient (Wildman–Crippen LogP) is 1.60. The first kappa shape index (κ1) is 16.9. The standard InChI is InChI=1S/C15H24N2O2S/c1-15(2,18)11-17(3)8-9-19-13-6-4-12(5-7-13)10-14(16)20/h4-7,18H,8-11H2,1-3H3,(H2,16,20). The van der Waals surface area contributed by atoms with Crippen LogP contribution in [0.4, 0.5) is 0 Å². The minimum Gasteiger partial charge on any atom is -0.492 e. The highest BCUT2D eigenvalue weighted by molar-refractivity contribution is 7.80. The molecule has 0 saturated carbocycles. The highest BCUT2D eigenvalue weighted by Gasteiger charge is 2.15. The SMILES string of the molecule is CN(CCOc1ccc(CC(N)=S)cc1)CC(C)(C)O. The lowest BCUT2D eigenvalue weighted by molar-refractivity contribution is 0.0411. The van der Waals surface area contributed by atoms with Crippen molar-refractivity contribution in [1.82, 2.24) is 4.90 Å². The van der Waals surface area contributed by atoms with Crippen molar-refractivity contribution in [2.75, 3.05) is 26.7 Å². The van der Waals surface area contributed by atoms with Gasteiger partial charge in [-0.3, -0.25) is 0 Å². The van der Waals surface area contributed by atoms with Gasteiger partial charge in [-0.05, 0) is 38.6 Å². The topological polar surface area (TPSA) is 58.7 Å². The van der Waals surface area contributed by atoms with Crippen LogP contribution in [0.25, 0.3) is 0 Å². The van der Waals surface area contributed by atoms with Crippen molar-refractivity contribution in [1.29, 1.82) is 0 Å². The molecule has 0 heterocycles. The van der Waals surface area contributed by atoms with Crippen molar-refractivity contribution in [2.45, 2.75) is 25.9 Å². The van der Waals surface area contributed by atoms with Gasteiger partial charge in [0, 0.05) is 19.5 Å². The molecule has 3 N–H and O–H groups in total. The number of benzene rings is 1. The van der Waals surface area contributed by atoms with E-state index in [1.165, 1.54) is 0 Å². The Labute approximate surface area is 126 Å². The number of hydrogen-bond acceptors (Lipinski definition) is 4.